The van der Waals surface area contributed by atoms with Crippen LogP contribution in [0.2, 0.25) is 0 Å². The molecule has 3 rings (SSSR count). The molecule has 1 atom stereocenters. The number of carbonyl (C=O) groups excluding carboxylic acids is 2. The van der Waals surface area contributed by atoms with Gasteiger partial charge >= 0.3 is 0 Å². The quantitative estimate of drug-likeness (QED) is 0.809. The van der Waals surface area contributed by atoms with Crippen molar-refractivity contribution in [2.75, 3.05) is 23.9 Å². The van der Waals surface area contributed by atoms with Crippen molar-refractivity contribution < 1.29 is 22.7 Å². The second-order valence-corrected chi connectivity index (χ2v) is 9.64. The summed E-state index contributed by atoms with van der Waals surface area (Å²) in [6.45, 7) is 4.95. The molecule has 7 nitrogen and oxygen atoms in total. The van der Waals surface area contributed by atoms with E-state index in [9.17, 15) is 18.0 Å². The molecular weight excluding hydrogens is 392 g/mol. The molecule has 0 saturated carbocycles. The Hall–Kier alpha value is -2.87. The lowest BCUT2D eigenvalue weighted by atomic mass is 10.2. The minimum absolute atomic E-state index is 0.103. The summed E-state index contributed by atoms with van der Waals surface area (Å²) in [7, 11) is -2.14. The highest BCUT2D eigenvalue weighted by molar-refractivity contribution is 7.92. The van der Waals surface area contributed by atoms with E-state index in [0.717, 1.165) is 5.56 Å². The molecule has 29 heavy (non-hydrogen) atoms. The second-order valence-electron chi connectivity index (χ2n) is 7.30. The van der Waals surface area contributed by atoms with Gasteiger partial charge in [0.25, 0.3) is 5.91 Å². The molecule has 0 unspecified atom stereocenters. The van der Waals surface area contributed by atoms with Crippen LogP contribution in [-0.2, 0) is 19.4 Å². The number of amides is 2. The van der Waals surface area contributed by atoms with Crippen molar-refractivity contribution in [2.45, 2.75) is 37.3 Å². The maximum absolute atomic E-state index is 13.1. The monoisotopic (exact) mass is 416 g/mol. The van der Waals surface area contributed by atoms with Gasteiger partial charge in [-0.25, -0.2) is 8.42 Å². The number of hydrogen-bond acceptors (Lipinski definition) is 5. The van der Waals surface area contributed by atoms with Gasteiger partial charge in [0.2, 0.25) is 5.91 Å². The fourth-order valence-corrected chi connectivity index (χ4v) is 4.79. The number of anilines is 2. The Morgan fingerprint density at radius 3 is 2.66 bits per heavy atom. The van der Waals surface area contributed by atoms with E-state index in [1.807, 2.05) is 31.2 Å². The van der Waals surface area contributed by atoms with Crippen LogP contribution in [0.3, 0.4) is 0 Å². The first kappa shape index (κ1) is 20.9. The van der Waals surface area contributed by atoms with Gasteiger partial charge in [-0.2, -0.15) is 0 Å². The third-order valence-electron chi connectivity index (χ3n) is 4.97. The Morgan fingerprint density at radius 1 is 1.24 bits per heavy atom. The topological polar surface area (TPSA) is 92.8 Å². The van der Waals surface area contributed by atoms with E-state index in [-0.39, 0.29) is 29.7 Å². The third-order valence-corrected chi connectivity index (χ3v) is 7.25. The van der Waals surface area contributed by atoms with E-state index in [1.165, 1.54) is 17.9 Å². The molecule has 0 fully saturated rings. The number of rotatable bonds is 5. The van der Waals surface area contributed by atoms with Crippen LogP contribution in [0.25, 0.3) is 0 Å². The summed E-state index contributed by atoms with van der Waals surface area (Å²) in [6.07, 6.45) is -0.152. The van der Waals surface area contributed by atoms with Crippen molar-refractivity contribution in [2.24, 2.45) is 0 Å². The minimum atomic E-state index is -3.78. The van der Waals surface area contributed by atoms with Crippen LogP contribution in [0.15, 0.2) is 41.3 Å². The van der Waals surface area contributed by atoms with Gasteiger partial charge < -0.3 is 15.0 Å². The minimum Gasteiger partial charge on any atom is -0.482 e. The van der Waals surface area contributed by atoms with Gasteiger partial charge in [-0.15, -0.1) is 0 Å². The number of nitrogens with zero attached hydrogens (tertiary/aromatic N) is 1. The van der Waals surface area contributed by atoms with Crippen LogP contribution < -0.4 is 15.0 Å². The van der Waals surface area contributed by atoms with Gasteiger partial charge in [-0.1, -0.05) is 12.1 Å². The van der Waals surface area contributed by atoms with Crippen LogP contribution >= 0.6 is 0 Å². The fourth-order valence-electron chi connectivity index (χ4n) is 3.21. The Labute approximate surface area is 170 Å². The zero-order valence-corrected chi connectivity index (χ0v) is 17.7. The zero-order valence-electron chi connectivity index (χ0n) is 16.9. The first-order chi connectivity index (χ1) is 13.6. The molecule has 1 heterocycles. The number of hydrogen-bond donors (Lipinski definition) is 1. The van der Waals surface area contributed by atoms with Gasteiger partial charge in [0.15, 0.2) is 16.4 Å². The van der Waals surface area contributed by atoms with Crippen LogP contribution in [0, 0.1) is 13.8 Å². The summed E-state index contributed by atoms with van der Waals surface area (Å²) < 4.78 is 31.6. The lowest BCUT2D eigenvalue weighted by Gasteiger charge is -2.23. The number of sulfone groups is 1. The van der Waals surface area contributed by atoms with E-state index in [1.54, 1.807) is 20.0 Å². The Morgan fingerprint density at radius 2 is 1.97 bits per heavy atom. The van der Waals surface area contributed by atoms with E-state index < -0.39 is 15.1 Å². The number of fused-ring (bicyclic) bond motifs is 1. The van der Waals surface area contributed by atoms with Gasteiger partial charge in [-0.05, 0) is 50.1 Å². The number of benzene rings is 2. The first-order valence-electron chi connectivity index (χ1n) is 9.24. The van der Waals surface area contributed by atoms with E-state index in [4.69, 9.17) is 4.74 Å². The summed E-state index contributed by atoms with van der Waals surface area (Å²) >= 11 is 0. The summed E-state index contributed by atoms with van der Waals surface area (Å²) in [4.78, 5) is 25.7. The molecule has 0 saturated heterocycles. The van der Waals surface area contributed by atoms with Crippen LogP contribution in [0.1, 0.15) is 24.5 Å². The summed E-state index contributed by atoms with van der Waals surface area (Å²) in [5.74, 6) is -0.263. The van der Waals surface area contributed by atoms with Gasteiger partial charge in [-0.3, -0.25) is 9.59 Å². The maximum atomic E-state index is 13.1. The highest BCUT2D eigenvalue weighted by Gasteiger charge is 2.30. The largest absolute Gasteiger partial charge is 0.482 e. The predicted molar refractivity (Wildman–Crippen MR) is 111 cm³/mol. The highest BCUT2D eigenvalue weighted by Crippen LogP contribution is 2.34. The molecule has 2 aromatic carbocycles. The number of carbonyl (C=O) groups is 2. The molecule has 1 aliphatic heterocycles. The second kappa shape index (κ2) is 7.87. The average Bonchev–Trinajstić information content (AvgIpc) is 2.66. The third kappa shape index (κ3) is 4.27. The molecule has 0 aromatic heterocycles. The Kier molecular flexibility index (Phi) is 5.66. The molecule has 154 valence electrons. The predicted octanol–water partition coefficient (Wildman–Crippen LogP) is 2.85. The molecule has 2 amide bonds. The average molecular weight is 416 g/mol. The van der Waals surface area contributed by atoms with Crippen molar-refractivity contribution in [1.82, 2.24) is 0 Å². The van der Waals surface area contributed by atoms with Crippen molar-refractivity contribution in [1.29, 1.82) is 0 Å². The van der Waals surface area contributed by atoms with Gasteiger partial charge in [0.05, 0.1) is 15.8 Å². The van der Waals surface area contributed by atoms with Crippen LogP contribution in [0.5, 0.6) is 5.75 Å². The van der Waals surface area contributed by atoms with Crippen molar-refractivity contribution in [3.63, 3.8) is 0 Å². The smallest absolute Gasteiger partial charge is 0.262 e. The van der Waals surface area contributed by atoms with E-state index in [2.05, 4.69) is 5.32 Å². The lowest BCUT2D eigenvalue weighted by Crippen LogP contribution is -2.32. The molecule has 0 bridgehead atoms. The summed E-state index contributed by atoms with van der Waals surface area (Å²) in [5.41, 5.74) is 2.66. The summed E-state index contributed by atoms with van der Waals surface area (Å²) in [5, 5.41) is 1.74. The van der Waals surface area contributed by atoms with Crippen LogP contribution in [-0.4, -0.2) is 39.1 Å². The van der Waals surface area contributed by atoms with Gasteiger partial charge in [0.1, 0.15) is 5.75 Å². The molecule has 0 radical (unpaired) electrons. The lowest BCUT2D eigenvalue weighted by molar-refractivity contribution is -0.119. The van der Waals surface area contributed by atoms with Crippen molar-refractivity contribution in [3.05, 3.63) is 47.5 Å². The normalized spacial score (nSPS) is 14.4. The maximum Gasteiger partial charge on any atom is 0.262 e. The SMILES string of the molecule is Cc1cccc(N(C)C(=O)C[C@H](C)S(=O)(=O)c2cc3c(cc2C)NC(=O)CO3)c1. The molecule has 0 aliphatic carbocycles. The van der Waals surface area contributed by atoms with Crippen molar-refractivity contribution in [3.8, 4) is 5.75 Å². The molecular formula is C21H24N2O5S. The van der Waals surface area contributed by atoms with Gasteiger partial charge in [0, 0.05) is 25.2 Å². The molecule has 0 spiro atoms. The van der Waals surface area contributed by atoms with E-state index in [0.29, 0.717) is 22.7 Å². The molecule has 8 heteroatoms. The van der Waals surface area contributed by atoms with E-state index >= 15 is 0 Å². The first-order valence-corrected chi connectivity index (χ1v) is 10.8. The van der Waals surface area contributed by atoms with Crippen molar-refractivity contribution >= 4 is 33.0 Å². The summed E-state index contributed by atoms with van der Waals surface area (Å²) in [6, 6.07) is 10.5. The number of aryl methyl sites for hydroxylation is 2. The highest BCUT2D eigenvalue weighted by atomic mass is 32.2. The standard InChI is InChI=1S/C21H24N2O5S/c1-13-6-5-7-16(8-13)23(4)21(25)10-15(3)29(26,27)19-11-18-17(9-14(19)2)22-20(24)12-28-18/h5-9,11,15H,10,12H2,1-4H3,(H,22,24)/t15-/m0/s1. The molecule has 2 aromatic rings. The number of ether oxygens (including phenoxy) is 1. The Balaban J connectivity index is 1.82. The zero-order chi connectivity index (χ0) is 21.3. The Bertz CT molecular complexity index is 1080. The number of nitrogens with one attached hydrogen (secondary N) is 1. The molecule has 1 aliphatic rings. The van der Waals surface area contributed by atoms with Crippen LogP contribution in [0.4, 0.5) is 11.4 Å². The fraction of sp³-hybridized carbons (Fsp3) is 0.333. The molecule has 1 N–H and O–H groups in total.